The molecule has 0 aliphatic carbocycles. The maximum Gasteiger partial charge on any atom is 0.273 e. The third-order valence-electron chi connectivity index (χ3n) is 2.21. The summed E-state index contributed by atoms with van der Waals surface area (Å²) in [6.45, 7) is 3.91. The van der Waals surface area contributed by atoms with Crippen LogP contribution in [-0.2, 0) is 11.2 Å². The molecule has 0 unspecified atom stereocenters. The number of carbonyl (C=O) groups excluding carboxylic acids is 1. The van der Waals surface area contributed by atoms with Gasteiger partial charge in [0.2, 0.25) is 0 Å². The fraction of sp³-hybridized carbons (Fsp3) is 0.417. The zero-order valence-corrected chi connectivity index (χ0v) is 9.47. The minimum Gasteiger partial charge on any atom is -0.299 e. The summed E-state index contributed by atoms with van der Waals surface area (Å²) < 4.78 is 0. The molecule has 0 aliphatic heterocycles. The first-order valence-corrected chi connectivity index (χ1v) is 5.24. The molecule has 0 heterocycles. The lowest BCUT2D eigenvalue weighted by Gasteiger charge is -2.04. The summed E-state index contributed by atoms with van der Waals surface area (Å²) in [5.74, 6) is 0.333. The molecule has 1 rings (SSSR count). The highest BCUT2D eigenvalue weighted by molar-refractivity contribution is 5.82. The van der Waals surface area contributed by atoms with E-state index in [1.54, 1.807) is 18.2 Å². The van der Waals surface area contributed by atoms with Gasteiger partial charge in [0.15, 0.2) is 0 Å². The van der Waals surface area contributed by atoms with Gasteiger partial charge in [0.25, 0.3) is 5.69 Å². The standard InChI is InChI=1S/C12H15NO3/c1-9(2)7-11(14)8-10-5-3-4-6-12(10)13(15)16/h3-6,9H,7-8H2,1-2H3. The molecule has 0 aromatic heterocycles. The van der Waals surface area contributed by atoms with Crippen molar-refractivity contribution in [1.82, 2.24) is 0 Å². The maximum atomic E-state index is 11.6. The summed E-state index contributed by atoms with van der Waals surface area (Å²) in [6.07, 6.45) is 0.612. The number of ketones is 1. The molecule has 0 fully saturated rings. The maximum absolute atomic E-state index is 11.6. The summed E-state index contributed by atoms with van der Waals surface area (Å²) in [5.41, 5.74) is 0.526. The van der Waals surface area contributed by atoms with E-state index in [1.165, 1.54) is 6.07 Å². The molecule has 0 amide bonds. The molecular formula is C12H15NO3. The van der Waals surface area contributed by atoms with E-state index >= 15 is 0 Å². The Kier molecular flexibility index (Phi) is 4.17. The van der Waals surface area contributed by atoms with Gasteiger partial charge in [0.1, 0.15) is 5.78 Å². The minimum atomic E-state index is -0.446. The quantitative estimate of drug-likeness (QED) is 0.567. The predicted molar refractivity (Wildman–Crippen MR) is 61.3 cm³/mol. The molecule has 0 radical (unpaired) electrons. The summed E-state index contributed by atoms with van der Waals surface area (Å²) in [6, 6.07) is 6.38. The Labute approximate surface area is 94.4 Å². The van der Waals surface area contributed by atoms with Gasteiger partial charge in [-0.05, 0) is 5.92 Å². The van der Waals surface area contributed by atoms with Crippen LogP contribution in [0.2, 0.25) is 0 Å². The molecule has 4 heteroatoms. The number of hydrogen-bond donors (Lipinski definition) is 0. The summed E-state index contributed by atoms with van der Waals surface area (Å²) >= 11 is 0. The van der Waals surface area contributed by atoms with E-state index in [0.717, 1.165) is 0 Å². The second kappa shape index (κ2) is 5.39. The lowest BCUT2D eigenvalue weighted by atomic mass is 10.0. The molecule has 0 aliphatic rings. The van der Waals surface area contributed by atoms with Crippen LogP contribution in [-0.4, -0.2) is 10.7 Å². The second-order valence-corrected chi connectivity index (χ2v) is 4.20. The van der Waals surface area contributed by atoms with Gasteiger partial charge in [-0.2, -0.15) is 0 Å². The number of nitro benzene ring substituents is 1. The first kappa shape index (κ1) is 12.4. The van der Waals surface area contributed by atoms with E-state index in [2.05, 4.69) is 0 Å². The van der Waals surface area contributed by atoms with E-state index < -0.39 is 4.92 Å². The number of Topliss-reactive ketones (excluding diaryl/α,β-unsaturated/α-hetero) is 1. The van der Waals surface area contributed by atoms with Gasteiger partial charge in [0.05, 0.1) is 4.92 Å². The third kappa shape index (κ3) is 3.46. The topological polar surface area (TPSA) is 60.2 Å². The number of carbonyl (C=O) groups is 1. The average molecular weight is 221 g/mol. The highest BCUT2D eigenvalue weighted by atomic mass is 16.6. The Hall–Kier alpha value is -1.71. The summed E-state index contributed by atoms with van der Waals surface area (Å²) in [7, 11) is 0. The first-order valence-electron chi connectivity index (χ1n) is 5.24. The van der Waals surface area contributed by atoms with Crippen molar-refractivity contribution >= 4 is 11.5 Å². The number of para-hydroxylation sites is 1. The van der Waals surface area contributed by atoms with Crippen molar-refractivity contribution in [2.45, 2.75) is 26.7 Å². The van der Waals surface area contributed by atoms with Crippen LogP contribution in [0.5, 0.6) is 0 Å². The van der Waals surface area contributed by atoms with Crippen molar-refractivity contribution < 1.29 is 9.72 Å². The zero-order chi connectivity index (χ0) is 12.1. The van der Waals surface area contributed by atoms with Crippen molar-refractivity contribution in [1.29, 1.82) is 0 Å². The molecular weight excluding hydrogens is 206 g/mol. The van der Waals surface area contributed by atoms with Gasteiger partial charge < -0.3 is 0 Å². The van der Waals surface area contributed by atoms with E-state index in [0.29, 0.717) is 12.0 Å². The van der Waals surface area contributed by atoms with E-state index in [1.807, 2.05) is 13.8 Å². The van der Waals surface area contributed by atoms with Crippen molar-refractivity contribution in [3.63, 3.8) is 0 Å². The largest absolute Gasteiger partial charge is 0.299 e. The Balaban J connectivity index is 2.81. The fourth-order valence-electron chi connectivity index (χ4n) is 1.58. The van der Waals surface area contributed by atoms with Crippen LogP contribution < -0.4 is 0 Å². The van der Waals surface area contributed by atoms with Crippen LogP contribution in [0.4, 0.5) is 5.69 Å². The number of benzene rings is 1. The Morgan fingerprint density at radius 3 is 2.56 bits per heavy atom. The van der Waals surface area contributed by atoms with Crippen molar-refractivity contribution in [3.8, 4) is 0 Å². The zero-order valence-electron chi connectivity index (χ0n) is 9.47. The number of rotatable bonds is 5. The van der Waals surface area contributed by atoms with Crippen LogP contribution in [0.3, 0.4) is 0 Å². The number of hydrogen-bond acceptors (Lipinski definition) is 3. The van der Waals surface area contributed by atoms with Crippen LogP contribution in [0.25, 0.3) is 0 Å². The van der Waals surface area contributed by atoms with Gasteiger partial charge in [-0.3, -0.25) is 14.9 Å². The van der Waals surface area contributed by atoms with Crippen LogP contribution in [0.15, 0.2) is 24.3 Å². The Morgan fingerprint density at radius 1 is 1.38 bits per heavy atom. The lowest BCUT2D eigenvalue weighted by molar-refractivity contribution is -0.385. The Morgan fingerprint density at radius 2 is 2.00 bits per heavy atom. The fourth-order valence-corrected chi connectivity index (χ4v) is 1.58. The highest BCUT2D eigenvalue weighted by Crippen LogP contribution is 2.19. The van der Waals surface area contributed by atoms with Crippen molar-refractivity contribution in [3.05, 3.63) is 39.9 Å². The van der Waals surface area contributed by atoms with E-state index in [4.69, 9.17) is 0 Å². The molecule has 4 nitrogen and oxygen atoms in total. The molecule has 0 bridgehead atoms. The van der Waals surface area contributed by atoms with Gasteiger partial charge in [-0.25, -0.2) is 0 Å². The molecule has 0 saturated carbocycles. The molecule has 0 N–H and O–H groups in total. The van der Waals surface area contributed by atoms with Crippen molar-refractivity contribution in [2.24, 2.45) is 5.92 Å². The minimum absolute atomic E-state index is 0.0274. The van der Waals surface area contributed by atoms with Crippen molar-refractivity contribution in [2.75, 3.05) is 0 Å². The predicted octanol–water partition coefficient (Wildman–Crippen LogP) is 2.75. The summed E-state index contributed by atoms with van der Waals surface area (Å²) in [5, 5.41) is 10.7. The normalized spacial score (nSPS) is 10.4. The molecule has 16 heavy (non-hydrogen) atoms. The molecule has 0 spiro atoms. The highest BCUT2D eigenvalue weighted by Gasteiger charge is 2.15. The van der Waals surface area contributed by atoms with Gasteiger partial charge >= 0.3 is 0 Å². The first-order chi connectivity index (χ1) is 7.50. The third-order valence-corrected chi connectivity index (χ3v) is 2.21. The summed E-state index contributed by atoms with van der Waals surface area (Å²) in [4.78, 5) is 21.8. The SMILES string of the molecule is CC(C)CC(=O)Cc1ccccc1[N+](=O)[O-]. The smallest absolute Gasteiger partial charge is 0.273 e. The van der Waals surface area contributed by atoms with Crippen LogP contribution in [0.1, 0.15) is 25.8 Å². The van der Waals surface area contributed by atoms with Gasteiger partial charge in [-0.15, -0.1) is 0 Å². The molecule has 86 valence electrons. The average Bonchev–Trinajstić information content (AvgIpc) is 2.16. The Bertz CT molecular complexity index is 399. The molecule has 1 aromatic rings. The number of nitro groups is 1. The molecule has 0 atom stereocenters. The van der Waals surface area contributed by atoms with Gasteiger partial charge in [0, 0.05) is 24.5 Å². The van der Waals surface area contributed by atoms with Crippen LogP contribution in [0, 0.1) is 16.0 Å². The lowest BCUT2D eigenvalue weighted by Crippen LogP contribution is -2.07. The van der Waals surface area contributed by atoms with Gasteiger partial charge in [-0.1, -0.05) is 32.0 Å². The van der Waals surface area contributed by atoms with Crippen LogP contribution >= 0.6 is 0 Å². The van der Waals surface area contributed by atoms with E-state index in [-0.39, 0.29) is 23.8 Å². The number of nitrogens with zero attached hydrogens (tertiary/aromatic N) is 1. The monoisotopic (exact) mass is 221 g/mol. The molecule has 0 saturated heterocycles. The second-order valence-electron chi connectivity index (χ2n) is 4.20. The van der Waals surface area contributed by atoms with E-state index in [9.17, 15) is 14.9 Å². The molecule has 1 aromatic carbocycles.